The Balaban J connectivity index is 0.000000532. The van der Waals surface area contributed by atoms with Crippen molar-refractivity contribution >= 4 is 57.6 Å². The molecule has 1 heterocycles. The zero-order valence-electron chi connectivity index (χ0n) is 19.1. The first-order chi connectivity index (χ1) is 18.3. The van der Waals surface area contributed by atoms with E-state index in [0.29, 0.717) is 16.0 Å². The number of amides is 1. The van der Waals surface area contributed by atoms with E-state index in [0.717, 1.165) is 0 Å². The highest BCUT2D eigenvalue weighted by molar-refractivity contribution is 6.32. The van der Waals surface area contributed by atoms with Crippen LogP contribution < -0.4 is 10.1 Å². The number of halogens is 7. The van der Waals surface area contributed by atoms with E-state index in [1.165, 1.54) is 30.3 Å². The third kappa shape index (κ3) is 7.77. The summed E-state index contributed by atoms with van der Waals surface area (Å²) in [6.45, 7) is -0.144. The van der Waals surface area contributed by atoms with Crippen molar-refractivity contribution < 1.29 is 41.4 Å². The largest absolute Gasteiger partial charge is 0.490 e. The molecule has 0 fully saturated rings. The molecule has 4 rings (SSSR count). The van der Waals surface area contributed by atoms with Gasteiger partial charge >= 0.3 is 12.1 Å². The molecule has 0 unspecified atom stereocenters. The van der Waals surface area contributed by atoms with Gasteiger partial charge in [-0.25, -0.2) is 9.18 Å². The number of hydrogen-bond acceptors (Lipinski definition) is 5. The average Bonchev–Trinajstić information content (AvgIpc) is 3.28. The minimum Gasteiger partial charge on any atom is -0.475 e. The summed E-state index contributed by atoms with van der Waals surface area (Å²) in [4.78, 5) is 21.4. The molecule has 3 aromatic carbocycles. The summed E-state index contributed by atoms with van der Waals surface area (Å²) >= 11 is 18.0. The maximum Gasteiger partial charge on any atom is 0.490 e. The Kier molecular flexibility index (Phi) is 9.29. The van der Waals surface area contributed by atoms with Gasteiger partial charge in [0.1, 0.15) is 11.3 Å². The van der Waals surface area contributed by atoms with Crippen molar-refractivity contribution in [3.63, 3.8) is 0 Å². The number of ether oxygens (including phenoxy) is 1. The quantitative estimate of drug-likeness (QED) is 0.226. The average molecular weight is 604 g/mol. The molecule has 0 aliphatic rings. The molecule has 0 radical (unpaired) electrons. The fraction of sp³-hybridized carbons (Fsp3) is 0.0800. The van der Waals surface area contributed by atoms with Crippen LogP contribution in [-0.2, 0) is 11.3 Å². The number of nitriles is 1. The van der Waals surface area contributed by atoms with Crippen LogP contribution in [0.1, 0.15) is 21.7 Å². The summed E-state index contributed by atoms with van der Waals surface area (Å²) in [6, 6.07) is 15.6. The third-order valence-electron chi connectivity index (χ3n) is 4.73. The summed E-state index contributed by atoms with van der Waals surface area (Å²) in [5.74, 6) is -4.07. The lowest BCUT2D eigenvalue weighted by Gasteiger charge is -2.13. The fourth-order valence-corrected chi connectivity index (χ4v) is 3.59. The summed E-state index contributed by atoms with van der Waals surface area (Å²) in [5.41, 5.74) is 0.894. The molecule has 0 bridgehead atoms. The van der Waals surface area contributed by atoms with Crippen LogP contribution in [0, 0.1) is 17.1 Å². The van der Waals surface area contributed by atoms with Crippen LogP contribution in [0.5, 0.6) is 11.5 Å². The standard InChI is InChI=1S/C23H12Cl3FN2O3.C2HF3O2/c24-15-2-4-19-14(7-15)8-20(32-19)23(30)29-11-13-1-3-18(26)22(21(13)27)31-17-6-12(10-28)5-16(25)9-17;3-2(4,5)1(6)7/h1-9H,11H2,(H,29,30);(H,6,7). The molecular formula is C25H13Cl3F4N2O5. The van der Waals surface area contributed by atoms with Crippen molar-refractivity contribution in [2.75, 3.05) is 0 Å². The first kappa shape index (κ1) is 29.6. The molecular weight excluding hydrogens is 591 g/mol. The van der Waals surface area contributed by atoms with Crippen LogP contribution >= 0.6 is 34.8 Å². The smallest absolute Gasteiger partial charge is 0.475 e. The van der Waals surface area contributed by atoms with Crippen LogP contribution in [0.4, 0.5) is 17.6 Å². The first-order valence-electron chi connectivity index (χ1n) is 10.4. The van der Waals surface area contributed by atoms with E-state index in [-0.39, 0.29) is 45.0 Å². The van der Waals surface area contributed by atoms with E-state index in [2.05, 4.69) is 5.32 Å². The Morgan fingerprint density at radius 2 is 1.72 bits per heavy atom. The third-order valence-corrected chi connectivity index (χ3v) is 5.48. The van der Waals surface area contributed by atoms with Gasteiger partial charge in [-0.1, -0.05) is 40.9 Å². The van der Waals surface area contributed by atoms with Crippen molar-refractivity contribution in [1.82, 2.24) is 5.32 Å². The molecule has 0 saturated carbocycles. The molecule has 202 valence electrons. The number of carbonyl (C=O) groups excluding carboxylic acids is 1. The van der Waals surface area contributed by atoms with Gasteiger partial charge in [0, 0.05) is 27.5 Å². The number of carboxylic acids is 1. The van der Waals surface area contributed by atoms with Crippen molar-refractivity contribution in [3.05, 3.63) is 92.4 Å². The molecule has 2 N–H and O–H groups in total. The van der Waals surface area contributed by atoms with Gasteiger partial charge in [0.15, 0.2) is 17.3 Å². The number of nitrogens with zero attached hydrogens (tertiary/aromatic N) is 1. The second-order valence-electron chi connectivity index (χ2n) is 7.52. The maximum atomic E-state index is 15.1. The number of rotatable bonds is 5. The van der Waals surface area contributed by atoms with E-state index in [1.807, 2.05) is 6.07 Å². The number of furan rings is 1. The van der Waals surface area contributed by atoms with E-state index >= 15 is 4.39 Å². The number of benzene rings is 3. The molecule has 4 aromatic rings. The van der Waals surface area contributed by atoms with E-state index in [4.69, 9.17) is 59.1 Å². The van der Waals surface area contributed by atoms with Crippen LogP contribution in [0.2, 0.25) is 15.1 Å². The van der Waals surface area contributed by atoms with Crippen molar-refractivity contribution in [3.8, 4) is 17.6 Å². The number of alkyl halides is 3. The first-order valence-corrected chi connectivity index (χ1v) is 11.5. The fourth-order valence-electron chi connectivity index (χ4n) is 3.00. The van der Waals surface area contributed by atoms with Crippen LogP contribution in [0.3, 0.4) is 0 Å². The Morgan fingerprint density at radius 3 is 2.36 bits per heavy atom. The molecule has 0 saturated heterocycles. The van der Waals surface area contributed by atoms with Crippen molar-refractivity contribution in [1.29, 1.82) is 5.26 Å². The van der Waals surface area contributed by atoms with E-state index < -0.39 is 23.9 Å². The normalized spacial score (nSPS) is 10.8. The lowest BCUT2D eigenvalue weighted by atomic mass is 10.2. The highest BCUT2D eigenvalue weighted by Crippen LogP contribution is 2.35. The summed E-state index contributed by atoms with van der Waals surface area (Å²) in [7, 11) is 0. The Hall–Kier alpha value is -3.98. The minimum absolute atomic E-state index is 0.0187. The zero-order valence-corrected chi connectivity index (χ0v) is 21.3. The number of hydrogen-bond donors (Lipinski definition) is 2. The van der Waals surface area contributed by atoms with Gasteiger partial charge in [0.25, 0.3) is 5.91 Å². The highest BCUT2D eigenvalue weighted by Gasteiger charge is 2.38. The van der Waals surface area contributed by atoms with Crippen LogP contribution in [-0.4, -0.2) is 23.2 Å². The Labute approximate surface area is 232 Å². The van der Waals surface area contributed by atoms with E-state index in [1.54, 1.807) is 24.3 Å². The molecule has 7 nitrogen and oxygen atoms in total. The summed E-state index contributed by atoms with van der Waals surface area (Å²) in [6.07, 6.45) is -5.08. The van der Waals surface area contributed by atoms with Gasteiger partial charge in [-0.05, 0) is 48.5 Å². The van der Waals surface area contributed by atoms with Crippen LogP contribution in [0.15, 0.2) is 59.0 Å². The summed E-state index contributed by atoms with van der Waals surface area (Å²) < 4.78 is 57.9. The molecule has 0 atom stereocenters. The Bertz CT molecular complexity index is 1600. The van der Waals surface area contributed by atoms with Crippen molar-refractivity contribution in [2.45, 2.75) is 12.7 Å². The van der Waals surface area contributed by atoms with Gasteiger partial charge < -0.3 is 19.6 Å². The number of carboxylic acid groups (broad SMARTS) is 1. The van der Waals surface area contributed by atoms with Crippen molar-refractivity contribution in [2.24, 2.45) is 0 Å². The van der Waals surface area contributed by atoms with Gasteiger partial charge in [0.2, 0.25) is 0 Å². The monoisotopic (exact) mass is 602 g/mol. The highest BCUT2D eigenvalue weighted by atomic mass is 35.5. The predicted molar refractivity (Wildman–Crippen MR) is 134 cm³/mol. The number of nitrogens with one attached hydrogen (secondary N) is 1. The topological polar surface area (TPSA) is 113 Å². The van der Waals surface area contributed by atoms with Gasteiger partial charge in [-0.2, -0.15) is 18.4 Å². The molecule has 0 aliphatic carbocycles. The SMILES string of the molecule is N#Cc1cc(Cl)cc(Oc2c(Cl)ccc(CNC(=O)c3cc4cc(Cl)ccc4o3)c2F)c1.O=C(O)C(F)(F)F. The molecule has 1 aromatic heterocycles. The van der Waals surface area contributed by atoms with Gasteiger partial charge in [-0.15, -0.1) is 0 Å². The molecule has 0 spiro atoms. The summed E-state index contributed by atoms with van der Waals surface area (Å²) in [5, 5.41) is 20.3. The maximum absolute atomic E-state index is 15.1. The second kappa shape index (κ2) is 12.3. The van der Waals surface area contributed by atoms with E-state index in [9.17, 15) is 18.0 Å². The zero-order chi connectivity index (χ0) is 28.9. The lowest BCUT2D eigenvalue weighted by molar-refractivity contribution is -0.192. The molecule has 1 amide bonds. The molecule has 39 heavy (non-hydrogen) atoms. The Morgan fingerprint density at radius 1 is 1.03 bits per heavy atom. The minimum atomic E-state index is -5.08. The van der Waals surface area contributed by atoms with Gasteiger partial charge in [-0.3, -0.25) is 4.79 Å². The number of aliphatic carboxylic acids is 1. The molecule has 14 heteroatoms. The van der Waals surface area contributed by atoms with Gasteiger partial charge in [0.05, 0.1) is 16.7 Å². The second-order valence-corrected chi connectivity index (χ2v) is 8.80. The number of fused-ring (bicyclic) bond motifs is 1. The lowest BCUT2D eigenvalue weighted by Crippen LogP contribution is -2.22. The number of carbonyl (C=O) groups is 2. The van der Waals surface area contributed by atoms with Crippen LogP contribution in [0.25, 0.3) is 11.0 Å². The molecule has 0 aliphatic heterocycles. The predicted octanol–water partition coefficient (Wildman–Crippen LogP) is 7.76.